The number of amides is 3. The van der Waals surface area contributed by atoms with Crippen LogP contribution in [0.4, 0.5) is 10.5 Å². The smallest absolute Gasteiger partial charge is 0.294 e. The number of benzene rings is 1. The van der Waals surface area contributed by atoms with Gasteiger partial charge in [-0.3, -0.25) is 29.4 Å². The molecule has 2 aromatic rings. The Hall–Kier alpha value is -3.73. The van der Waals surface area contributed by atoms with Gasteiger partial charge >= 0.3 is 0 Å². The maximum absolute atomic E-state index is 12.7. The zero-order valence-electron chi connectivity index (χ0n) is 17.5. The summed E-state index contributed by atoms with van der Waals surface area (Å²) in [5, 5.41) is 10.2. The summed E-state index contributed by atoms with van der Waals surface area (Å²) in [5.74, 6) is -0.0352. The van der Waals surface area contributed by atoms with E-state index in [0.717, 1.165) is 42.1 Å². The fourth-order valence-corrected chi connectivity index (χ4v) is 4.30. The second-order valence-electron chi connectivity index (χ2n) is 7.49. The molecule has 0 saturated carbocycles. The Morgan fingerprint density at radius 2 is 1.85 bits per heavy atom. The summed E-state index contributed by atoms with van der Waals surface area (Å²) < 4.78 is 5.56. The van der Waals surface area contributed by atoms with Gasteiger partial charge in [-0.2, -0.15) is 0 Å². The Morgan fingerprint density at radius 3 is 2.48 bits per heavy atom. The predicted molar refractivity (Wildman–Crippen MR) is 121 cm³/mol. The quantitative estimate of drug-likeness (QED) is 0.356. The Morgan fingerprint density at radius 1 is 1.12 bits per heavy atom. The first-order chi connectivity index (χ1) is 15.9. The van der Waals surface area contributed by atoms with Gasteiger partial charge < -0.3 is 9.64 Å². The van der Waals surface area contributed by atoms with E-state index >= 15 is 0 Å². The summed E-state index contributed by atoms with van der Waals surface area (Å²) in [6, 6.07) is 9.40. The van der Waals surface area contributed by atoms with E-state index < -0.39 is 16.1 Å². The molecule has 1 aromatic carbocycles. The van der Waals surface area contributed by atoms with Crippen molar-refractivity contribution >= 4 is 40.6 Å². The zero-order chi connectivity index (χ0) is 23.4. The molecule has 0 aliphatic carbocycles. The minimum absolute atomic E-state index is 0.135. The molecule has 3 heterocycles. The first-order valence-electron chi connectivity index (χ1n) is 10.3. The summed E-state index contributed by atoms with van der Waals surface area (Å²) >= 11 is 0.807. The number of ether oxygens (including phenoxy) is 1. The van der Waals surface area contributed by atoms with Gasteiger partial charge in [0, 0.05) is 25.2 Å². The van der Waals surface area contributed by atoms with Gasteiger partial charge in [0.25, 0.3) is 16.8 Å². The number of carbonyl (C=O) groups excluding carboxylic acids is 3. The maximum atomic E-state index is 12.7. The number of piperidine rings is 1. The van der Waals surface area contributed by atoms with E-state index in [2.05, 4.69) is 4.98 Å². The largest absolute Gasteiger partial charge is 0.439 e. The number of hydrogen-bond acceptors (Lipinski definition) is 8. The molecule has 0 spiro atoms. The lowest BCUT2D eigenvalue weighted by molar-refractivity contribution is -0.385. The van der Waals surface area contributed by atoms with Crippen LogP contribution < -0.4 is 4.74 Å². The number of likely N-dealkylation sites (tertiary alicyclic amines) is 1. The monoisotopic (exact) mass is 468 g/mol. The normalized spacial score (nSPS) is 17.5. The summed E-state index contributed by atoms with van der Waals surface area (Å²) in [4.78, 5) is 54.4. The third-order valence-electron chi connectivity index (χ3n) is 5.21. The molecule has 2 aliphatic rings. The summed E-state index contributed by atoms with van der Waals surface area (Å²) in [6.45, 7) is 1.08. The number of hydrogen-bond donors (Lipinski definition) is 0. The molecule has 2 fully saturated rings. The molecule has 3 amide bonds. The molecule has 10 nitrogen and oxygen atoms in total. The highest BCUT2D eigenvalue weighted by molar-refractivity contribution is 8.18. The number of carbonyl (C=O) groups is 3. The number of nitro groups is 1. The number of nitrogens with zero attached hydrogens (tertiary/aromatic N) is 4. The first-order valence-corrected chi connectivity index (χ1v) is 11.1. The standard InChI is InChI=1S/C22H20N4O6S/c27-20(24-10-2-1-3-11-24)14-25-21(28)18(33-22(25)29)12-15-4-7-17(8-5-15)32-19-9-6-16(13-23-19)26(30)31/h4-9,12-13H,1-3,10-11,14H2/b18-12-. The molecule has 2 aliphatic heterocycles. The predicted octanol–water partition coefficient (Wildman–Crippen LogP) is 3.83. The van der Waals surface area contributed by atoms with Gasteiger partial charge in [0.15, 0.2) is 0 Å². The molecule has 0 radical (unpaired) electrons. The van der Waals surface area contributed by atoms with E-state index in [0.29, 0.717) is 24.4 Å². The number of imide groups is 1. The Balaban J connectivity index is 1.39. The minimum atomic E-state index is -0.545. The van der Waals surface area contributed by atoms with E-state index in [4.69, 9.17) is 4.74 Å². The SMILES string of the molecule is O=C(CN1C(=O)S/C(=C\c2ccc(Oc3ccc([N+](=O)[O-])cn3)cc2)C1=O)N1CCCCC1. The van der Waals surface area contributed by atoms with Crippen LogP contribution in [0, 0.1) is 10.1 Å². The van der Waals surface area contributed by atoms with E-state index in [1.165, 1.54) is 12.1 Å². The summed E-state index contributed by atoms with van der Waals surface area (Å²) in [5.41, 5.74) is 0.538. The van der Waals surface area contributed by atoms with E-state index in [1.807, 2.05) is 0 Å². The van der Waals surface area contributed by atoms with Gasteiger partial charge in [-0.05, 0) is 54.8 Å². The summed E-state index contributed by atoms with van der Waals surface area (Å²) in [6.07, 6.45) is 5.66. The molecule has 0 N–H and O–H groups in total. The van der Waals surface area contributed by atoms with Crippen LogP contribution in [-0.4, -0.2) is 56.4 Å². The van der Waals surface area contributed by atoms with Crippen molar-refractivity contribution in [2.24, 2.45) is 0 Å². The van der Waals surface area contributed by atoms with Gasteiger partial charge in [-0.15, -0.1) is 0 Å². The van der Waals surface area contributed by atoms with Crippen LogP contribution in [0.15, 0.2) is 47.5 Å². The van der Waals surface area contributed by atoms with Crippen molar-refractivity contribution in [1.29, 1.82) is 0 Å². The van der Waals surface area contributed by atoms with Crippen molar-refractivity contribution in [3.05, 3.63) is 63.2 Å². The molecule has 33 heavy (non-hydrogen) atoms. The lowest BCUT2D eigenvalue weighted by Crippen LogP contribution is -2.44. The summed E-state index contributed by atoms with van der Waals surface area (Å²) in [7, 11) is 0. The molecular formula is C22H20N4O6S. The minimum Gasteiger partial charge on any atom is -0.439 e. The van der Waals surface area contributed by atoms with Crippen LogP contribution in [0.5, 0.6) is 11.6 Å². The average Bonchev–Trinajstić information content (AvgIpc) is 3.08. The molecule has 11 heteroatoms. The molecule has 0 unspecified atom stereocenters. The van der Waals surface area contributed by atoms with Crippen molar-refractivity contribution in [1.82, 2.24) is 14.8 Å². The number of aromatic nitrogens is 1. The second-order valence-corrected chi connectivity index (χ2v) is 8.49. The molecule has 0 atom stereocenters. The van der Waals surface area contributed by atoms with Crippen molar-refractivity contribution < 1.29 is 24.0 Å². The van der Waals surface area contributed by atoms with Crippen LogP contribution in [0.3, 0.4) is 0 Å². The number of pyridine rings is 1. The Bertz CT molecular complexity index is 1110. The van der Waals surface area contributed by atoms with Crippen molar-refractivity contribution in [2.45, 2.75) is 19.3 Å². The fourth-order valence-electron chi connectivity index (χ4n) is 3.46. The number of thioether (sulfide) groups is 1. The molecule has 0 bridgehead atoms. The van der Waals surface area contributed by atoms with E-state index in [-0.39, 0.29) is 28.9 Å². The first kappa shape index (κ1) is 22.5. The number of rotatable bonds is 6. The average molecular weight is 468 g/mol. The van der Waals surface area contributed by atoms with E-state index in [1.54, 1.807) is 35.2 Å². The molecule has 4 rings (SSSR count). The van der Waals surface area contributed by atoms with Crippen LogP contribution >= 0.6 is 11.8 Å². The third kappa shape index (κ3) is 5.37. The van der Waals surface area contributed by atoms with Gasteiger partial charge in [0.05, 0.1) is 9.83 Å². The van der Waals surface area contributed by atoms with Crippen LogP contribution in [0.25, 0.3) is 6.08 Å². The second kappa shape index (κ2) is 9.82. The van der Waals surface area contributed by atoms with Crippen molar-refractivity contribution in [2.75, 3.05) is 19.6 Å². The lowest BCUT2D eigenvalue weighted by Gasteiger charge is -2.27. The zero-order valence-corrected chi connectivity index (χ0v) is 18.3. The van der Waals surface area contributed by atoms with Crippen LogP contribution in [0.2, 0.25) is 0 Å². The Kier molecular flexibility index (Phi) is 6.68. The highest BCUT2D eigenvalue weighted by Crippen LogP contribution is 2.32. The van der Waals surface area contributed by atoms with Crippen molar-refractivity contribution in [3.8, 4) is 11.6 Å². The molecule has 170 valence electrons. The van der Waals surface area contributed by atoms with E-state index in [9.17, 15) is 24.5 Å². The highest BCUT2D eigenvalue weighted by atomic mass is 32.2. The lowest BCUT2D eigenvalue weighted by atomic mass is 10.1. The highest BCUT2D eigenvalue weighted by Gasteiger charge is 2.37. The van der Waals surface area contributed by atoms with Crippen LogP contribution in [-0.2, 0) is 9.59 Å². The van der Waals surface area contributed by atoms with Crippen molar-refractivity contribution in [3.63, 3.8) is 0 Å². The third-order valence-corrected chi connectivity index (χ3v) is 6.11. The van der Waals surface area contributed by atoms with Crippen LogP contribution in [0.1, 0.15) is 24.8 Å². The maximum Gasteiger partial charge on any atom is 0.294 e. The fraction of sp³-hybridized carbons (Fsp3) is 0.273. The van der Waals surface area contributed by atoms with Gasteiger partial charge in [-0.25, -0.2) is 4.98 Å². The molecule has 1 aromatic heterocycles. The topological polar surface area (TPSA) is 123 Å². The Labute approximate surface area is 193 Å². The van der Waals surface area contributed by atoms with Gasteiger partial charge in [0.1, 0.15) is 18.5 Å². The van der Waals surface area contributed by atoms with Gasteiger partial charge in [-0.1, -0.05) is 12.1 Å². The molecule has 2 saturated heterocycles. The van der Waals surface area contributed by atoms with Gasteiger partial charge in [0.2, 0.25) is 11.8 Å². The molecular weight excluding hydrogens is 448 g/mol.